The van der Waals surface area contributed by atoms with Gasteiger partial charge < -0.3 is 5.32 Å². The first-order valence-electron chi connectivity index (χ1n) is 4.70. The van der Waals surface area contributed by atoms with Crippen molar-refractivity contribution in [2.75, 3.05) is 18.6 Å². The molecule has 0 atom stereocenters. The van der Waals surface area contributed by atoms with E-state index < -0.39 is 21.6 Å². The number of halogens is 2. The second kappa shape index (κ2) is 5.59. The molecule has 17 heavy (non-hydrogen) atoms. The zero-order valence-corrected chi connectivity index (χ0v) is 11.4. The minimum absolute atomic E-state index is 0.00928. The maximum Gasteiger partial charge on any atom is 0.251 e. The molecule has 0 aliphatic heterocycles. The molecule has 4 nitrogen and oxygen atoms in total. The molecule has 0 fully saturated rings. The summed E-state index contributed by atoms with van der Waals surface area (Å²) in [7, 11) is -3.11. The summed E-state index contributed by atoms with van der Waals surface area (Å²) in [6.07, 6.45) is 1.08. The second-order valence-corrected chi connectivity index (χ2v) is 6.63. The average molecular weight is 324 g/mol. The molecular formula is C10H11BrFNO3S. The van der Waals surface area contributed by atoms with Gasteiger partial charge in [0.1, 0.15) is 15.7 Å². The standard InChI is InChI=1S/C10H11BrFNO3S/c1-17(15,16)5-4-13-10(14)7-2-3-8(11)9(12)6-7/h2-3,6H,4-5H2,1H3,(H,13,14). The van der Waals surface area contributed by atoms with Crippen molar-refractivity contribution < 1.29 is 17.6 Å². The first-order chi connectivity index (χ1) is 7.79. The van der Waals surface area contributed by atoms with Crippen LogP contribution in [0.15, 0.2) is 22.7 Å². The largest absolute Gasteiger partial charge is 0.351 e. The van der Waals surface area contributed by atoms with Crippen molar-refractivity contribution in [1.29, 1.82) is 0 Å². The maximum atomic E-state index is 13.1. The molecule has 0 aromatic heterocycles. The van der Waals surface area contributed by atoms with Crippen LogP contribution in [0.2, 0.25) is 0 Å². The Hall–Kier alpha value is -0.950. The predicted octanol–water partition coefficient (Wildman–Crippen LogP) is 1.36. The molecule has 7 heteroatoms. The Labute approximate surface area is 107 Å². The fourth-order valence-electron chi connectivity index (χ4n) is 1.09. The number of hydrogen-bond acceptors (Lipinski definition) is 3. The summed E-state index contributed by atoms with van der Waals surface area (Å²) in [5, 5.41) is 2.40. The highest BCUT2D eigenvalue weighted by Crippen LogP contribution is 2.16. The molecule has 0 radical (unpaired) electrons. The lowest BCUT2D eigenvalue weighted by Gasteiger charge is -2.04. The van der Waals surface area contributed by atoms with Gasteiger partial charge in [-0.2, -0.15) is 0 Å². The van der Waals surface area contributed by atoms with E-state index in [0.29, 0.717) is 0 Å². The number of carbonyl (C=O) groups is 1. The SMILES string of the molecule is CS(=O)(=O)CCNC(=O)c1ccc(Br)c(F)c1. The fraction of sp³-hybridized carbons (Fsp3) is 0.300. The van der Waals surface area contributed by atoms with Gasteiger partial charge in [-0.3, -0.25) is 4.79 Å². The molecule has 1 amide bonds. The Balaban J connectivity index is 2.61. The third-order valence-electron chi connectivity index (χ3n) is 1.94. The first-order valence-corrected chi connectivity index (χ1v) is 7.56. The molecule has 94 valence electrons. The van der Waals surface area contributed by atoms with Gasteiger partial charge in [-0.05, 0) is 34.1 Å². The monoisotopic (exact) mass is 323 g/mol. The van der Waals surface area contributed by atoms with Crippen LogP contribution < -0.4 is 5.32 Å². The highest BCUT2D eigenvalue weighted by atomic mass is 79.9. The number of benzene rings is 1. The molecular weight excluding hydrogens is 313 g/mol. The van der Waals surface area contributed by atoms with Gasteiger partial charge in [0.2, 0.25) is 0 Å². The molecule has 0 aliphatic rings. The molecule has 1 aromatic rings. The molecule has 1 rings (SSSR count). The minimum atomic E-state index is -3.11. The molecule has 1 aromatic carbocycles. The third-order valence-corrected chi connectivity index (χ3v) is 3.53. The number of sulfone groups is 1. The number of amides is 1. The fourth-order valence-corrected chi connectivity index (χ4v) is 1.81. The molecule has 1 N–H and O–H groups in total. The third kappa shape index (κ3) is 4.82. The summed E-state index contributed by atoms with van der Waals surface area (Å²) in [5.74, 6) is -1.18. The van der Waals surface area contributed by atoms with E-state index in [1.807, 2.05) is 0 Å². The van der Waals surface area contributed by atoms with E-state index in [1.165, 1.54) is 12.1 Å². The topological polar surface area (TPSA) is 63.2 Å². The van der Waals surface area contributed by atoms with E-state index >= 15 is 0 Å². The van der Waals surface area contributed by atoms with Crippen LogP contribution in [0.5, 0.6) is 0 Å². The smallest absolute Gasteiger partial charge is 0.251 e. The lowest BCUT2D eigenvalue weighted by atomic mass is 10.2. The van der Waals surface area contributed by atoms with Crippen molar-refractivity contribution in [2.45, 2.75) is 0 Å². The first kappa shape index (κ1) is 14.1. The average Bonchev–Trinajstić information content (AvgIpc) is 2.20. The van der Waals surface area contributed by atoms with Gasteiger partial charge in [0.15, 0.2) is 0 Å². The van der Waals surface area contributed by atoms with Gasteiger partial charge in [-0.25, -0.2) is 12.8 Å². The summed E-state index contributed by atoms with van der Waals surface area (Å²) >= 11 is 2.97. The summed E-state index contributed by atoms with van der Waals surface area (Å²) in [6.45, 7) is 0.00928. The van der Waals surface area contributed by atoms with E-state index in [4.69, 9.17) is 0 Å². The van der Waals surface area contributed by atoms with Crippen molar-refractivity contribution in [3.05, 3.63) is 34.1 Å². The van der Waals surface area contributed by atoms with Crippen molar-refractivity contribution in [2.24, 2.45) is 0 Å². The number of carbonyl (C=O) groups excluding carboxylic acids is 1. The van der Waals surface area contributed by atoms with Gasteiger partial charge >= 0.3 is 0 Å². The van der Waals surface area contributed by atoms with Gasteiger partial charge in [-0.1, -0.05) is 0 Å². The van der Waals surface area contributed by atoms with Crippen LogP contribution in [0, 0.1) is 5.82 Å². The minimum Gasteiger partial charge on any atom is -0.351 e. The van der Waals surface area contributed by atoms with Crippen molar-refractivity contribution >= 4 is 31.7 Å². The van der Waals surface area contributed by atoms with Crippen LogP contribution in [0.25, 0.3) is 0 Å². The molecule has 0 bridgehead atoms. The summed E-state index contributed by atoms with van der Waals surface area (Å²) in [4.78, 5) is 11.5. The van der Waals surface area contributed by atoms with E-state index in [1.54, 1.807) is 0 Å². The zero-order chi connectivity index (χ0) is 13.1. The quantitative estimate of drug-likeness (QED) is 0.910. The molecule has 0 saturated heterocycles. The maximum absolute atomic E-state index is 13.1. The van der Waals surface area contributed by atoms with Crippen LogP contribution in [0.3, 0.4) is 0 Å². The van der Waals surface area contributed by atoms with Gasteiger partial charge in [0, 0.05) is 18.4 Å². The van der Waals surface area contributed by atoms with Gasteiger partial charge in [0.05, 0.1) is 10.2 Å². The Bertz CT molecular complexity index is 530. The van der Waals surface area contributed by atoms with E-state index in [2.05, 4.69) is 21.2 Å². The lowest BCUT2D eigenvalue weighted by molar-refractivity contribution is 0.0955. The second-order valence-electron chi connectivity index (χ2n) is 3.51. The van der Waals surface area contributed by atoms with Crippen LogP contribution in [-0.4, -0.2) is 32.9 Å². The zero-order valence-electron chi connectivity index (χ0n) is 9.04. The Morgan fingerprint density at radius 3 is 2.65 bits per heavy atom. The molecule has 0 aliphatic carbocycles. The Morgan fingerprint density at radius 1 is 1.47 bits per heavy atom. The number of nitrogens with one attached hydrogen (secondary N) is 1. The lowest BCUT2D eigenvalue weighted by Crippen LogP contribution is -2.28. The predicted molar refractivity (Wildman–Crippen MR) is 66.1 cm³/mol. The van der Waals surface area contributed by atoms with Crippen LogP contribution >= 0.6 is 15.9 Å². The highest BCUT2D eigenvalue weighted by molar-refractivity contribution is 9.10. The van der Waals surface area contributed by atoms with Crippen LogP contribution in [0.1, 0.15) is 10.4 Å². The Morgan fingerprint density at radius 2 is 2.12 bits per heavy atom. The van der Waals surface area contributed by atoms with E-state index in [-0.39, 0.29) is 22.3 Å². The normalized spacial score (nSPS) is 11.2. The molecule has 0 spiro atoms. The van der Waals surface area contributed by atoms with Crippen molar-refractivity contribution in [3.8, 4) is 0 Å². The van der Waals surface area contributed by atoms with Gasteiger partial charge in [-0.15, -0.1) is 0 Å². The molecule has 0 saturated carbocycles. The summed E-state index contributed by atoms with van der Waals surface area (Å²) < 4.78 is 35.1. The number of rotatable bonds is 4. The summed E-state index contributed by atoms with van der Waals surface area (Å²) in [6, 6.07) is 3.95. The van der Waals surface area contributed by atoms with Gasteiger partial charge in [0.25, 0.3) is 5.91 Å². The van der Waals surface area contributed by atoms with Crippen molar-refractivity contribution in [3.63, 3.8) is 0 Å². The van der Waals surface area contributed by atoms with Crippen molar-refractivity contribution in [1.82, 2.24) is 5.32 Å². The van der Waals surface area contributed by atoms with E-state index in [0.717, 1.165) is 12.3 Å². The summed E-state index contributed by atoms with van der Waals surface area (Å²) in [5.41, 5.74) is 0.152. The number of hydrogen-bond donors (Lipinski definition) is 1. The molecule has 0 unspecified atom stereocenters. The van der Waals surface area contributed by atoms with E-state index in [9.17, 15) is 17.6 Å². The van der Waals surface area contributed by atoms with Crippen LogP contribution in [-0.2, 0) is 9.84 Å². The highest BCUT2D eigenvalue weighted by Gasteiger charge is 2.09. The Kier molecular flexibility index (Phi) is 4.64. The molecule has 0 heterocycles. The van der Waals surface area contributed by atoms with Crippen LogP contribution in [0.4, 0.5) is 4.39 Å².